The number of nitrogens with zero attached hydrogens (tertiary/aromatic N) is 1. The Labute approximate surface area is 68.5 Å². The lowest BCUT2D eigenvalue weighted by Gasteiger charge is -2.06. The fraction of sp³-hybridized carbons (Fsp3) is 0.125. The predicted octanol–water partition coefficient (Wildman–Crippen LogP) is 2.58. The topological polar surface area (TPSA) is 23.8 Å². The van der Waals surface area contributed by atoms with Crippen LogP contribution in [0, 0.1) is 11.3 Å². The first-order valence-electron chi connectivity index (χ1n) is 3.53. The van der Waals surface area contributed by atoms with E-state index in [1.165, 1.54) is 6.07 Å². The average molecular weight is 173 g/mol. The molecule has 0 amide bonds. The Kier molecular flexibility index (Phi) is 1.71. The molecule has 0 aliphatic carbocycles. The predicted molar refractivity (Wildman–Crippen MR) is 36.2 cm³/mol. The number of rotatable bonds is 0. The summed E-state index contributed by atoms with van der Waals surface area (Å²) in [5, 5.41) is 8.37. The normalized spacial score (nSPS) is 12.0. The van der Waals surface area contributed by atoms with Crippen molar-refractivity contribution in [2.24, 2.45) is 0 Å². The average Bonchev–Trinajstić information content (AvgIpc) is 2.01. The zero-order valence-corrected chi connectivity index (χ0v) is 5.81. The van der Waals surface area contributed by atoms with Crippen molar-refractivity contribution in [2.75, 3.05) is 0 Å². The first kappa shape index (κ1) is 7.17. The SMILES string of the molecule is [3H]c1ccc(C(F)(F)F)c(C#N)c1. The van der Waals surface area contributed by atoms with E-state index in [9.17, 15) is 13.2 Å². The quantitative estimate of drug-likeness (QED) is 0.591. The standard InChI is InChI=1S/C8H4F3N/c9-8(10,11)7-4-2-1-3-6(7)5-12/h1-4H/i1T. The molecule has 12 heavy (non-hydrogen) atoms. The van der Waals surface area contributed by atoms with E-state index < -0.39 is 17.3 Å². The molecule has 0 heterocycles. The van der Waals surface area contributed by atoms with E-state index >= 15 is 0 Å². The van der Waals surface area contributed by atoms with Gasteiger partial charge in [-0.25, -0.2) is 0 Å². The van der Waals surface area contributed by atoms with Gasteiger partial charge in [-0.15, -0.1) is 0 Å². The molecule has 1 aromatic carbocycles. The second-order valence-corrected chi connectivity index (χ2v) is 2.08. The van der Waals surface area contributed by atoms with Crippen LogP contribution in [-0.2, 0) is 6.18 Å². The Bertz CT molecular complexity index is 365. The minimum absolute atomic E-state index is 0.107. The summed E-state index contributed by atoms with van der Waals surface area (Å²) in [5.74, 6) is 0. The van der Waals surface area contributed by atoms with E-state index in [1.54, 1.807) is 0 Å². The maximum Gasteiger partial charge on any atom is 0.417 e. The maximum absolute atomic E-state index is 12.2. The molecule has 0 saturated heterocycles. The Morgan fingerprint density at radius 2 is 2.08 bits per heavy atom. The summed E-state index contributed by atoms with van der Waals surface area (Å²) in [6.07, 6.45) is -4.53. The molecule has 0 atom stereocenters. The molecular formula is C8H4F3N. The monoisotopic (exact) mass is 173 g/mol. The molecule has 1 rings (SSSR count). The molecule has 62 valence electrons. The minimum atomic E-state index is -4.53. The van der Waals surface area contributed by atoms with Crippen molar-refractivity contribution in [1.29, 1.82) is 5.26 Å². The molecule has 0 radical (unpaired) electrons. The van der Waals surface area contributed by atoms with Crippen LogP contribution in [0.15, 0.2) is 24.2 Å². The van der Waals surface area contributed by atoms with E-state index in [4.69, 9.17) is 6.63 Å². The number of nitriles is 1. The van der Waals surface area contributed by atoms with Gasteiger partial charge in [-0.1, -0.05) is 12.1 Å². The van der Waals surface area contributed by atoms with Gasteiger partial charge in [0.25, 0.3) is 0 Å². The fourth-order valence-corrected chi connectivity index (χ4v) is 0.770. The smallest absolute Gasteiger partial charge is 0.192 e. The summed E-state index contributed by atoms with van der Waals surface area (Å²) in [4.78, 5) is 0. The van der Waals surface area contributed by atoms with Gasteiger partial charge in [-0.3, -0.25) is 0 Å². The lowest BCUT2D eigenvalue weighted by molar-refractivity contribution is -0.137. The second-order valence-electron chi connectivity index (χ2n) is 2.08. The molecule has 0 aliphatic rings. The zero-order valence-electron chi connectivity index (χ0n) is 6.81. The van der Waals surface area contributed by atoms with Crippen molar-refractivity contribution >= 4 is 0 Å². The van der Waals surface area contributed by atoms with Crippen molar-refractivity contribution in [3.8, 4) is 6.07 Å². The third kappa shape index (κ3) is 1.56. The van der Waals surface area contributed by atoms with E-state index in [0.717, 1.165) is 18.2 Å². The molecule has 0 aliphatic heterocycles. The van der Waals surface area contributed by atoms with Gasteiger partial charge >= 0.3 is 6.18 Å². The summed E-state index contributed by atoms with van der Waals surface area (Å²) >= 11 is 0. The lowest BCUT2D eigenvalue weighted by Crippen LogP contribution is -2.06. The Balaban J connectivity index is 3.32. The van der Waals surface area contributed by atoms with Crippen molar-refractivity contribution in [3.63, 3.8) is 0 Å². The molecule has 0 N–H and O–H groups in total. The third-order valence-corrected chi connectivity index (χ3v) is 1.29. The van der Waals surface area contributed by atoms with Crippen molar-refractivity contribution in [2.45, 2.75) is 6.18 Å². The molecule has 0 saturated carbocycles. The van der Waals surface area contributed by atoms with Gasteiger partial charge in [0.1, 0.15) is 0 Å². The summed E-state index contributed by atoms with van der Waals surface area (Å²) in [5.41, 5.74) is -1.51. The highest BCUT2D eigenvalue weighted by atomic mass is 19.4. The van der Waals surface area contributed by atoms with Crippen LogP contribution in [0.3, 0.4) is 0 Å². The molecule has 1 aromatic rings. The second kappa shape index (κ2) is 2.86. The molecule has 0 spiro atoms. The van der Waals surface area contributed by atoms with Crippen LogP contribution in [0.4, 0.5) is 13.2 Å². The zero-order chi connectivity index (χ0) is 10.1. The van der Waals surface area contributed by atoms with Gasteiger partial charge in [0.2, 0.25) is 0 Å². The maximum atomic E-state index is 12.2. The van der Waals surface area contributed by atoms with Gasteiger partial charge in [0.05, 0.1) is 18.6 Å². The largest absolute Gasteiger partial charge is 0.417 e. The fourth-order valence-electron chi connectivity index (χ4n) is 0.770. The van der Waals surface area contributed by atoms with Gasteiger partial charge < -0.3 is 0 Å². The van der Waals surface area contributed by atoms with Crippen LogP contribution in [0.2, 0.25) is 0 Å². The van der Waals surface area contributed by atoms with Crippen molar-refractivity contribution in [3.05, 3.63) is 35.4 Å². The number of halogens is 3. The van der Waals surface area contributed by atoms with E-state index in [0.29, 0.717) is 0 Å². The Morgan fingerprint density at radius 3 is 2.58 bits per heavy atom. The molecule has 1 nitrogen and oxygen atoms in total. The molecule has 0 fully saturated rings. The molecule has 0 bridgehead atoms. The minimum Gasteiger partial charge on any atom is -0.192 e. The summed E-state index contributed by atoms with van der Waals surface area (Å²) in [6, 6.07) is 3.93. The summed E-state index contributed by atoms with van der Waals surface area (Å²) in [6.45, 7) is 0. The molecular weight excluding hydrogens is 167 g/mol. The van der Waals surface area contributed by atoms with E-state index in [-0.39, 0.29) is 6.04 Å². The highest BCUT2D eigenvalue weighted by Crippen LogP contribution is 2.31. The van der Waals surface area contributed by atoms with Crippen LogP contribution in [0.1, 0.15) is 12.5 Å². The summed E-state index contributed by atoms with van der Waals surface area (Å²) < 4.78 is 43.5. The van der Waals surface area contributed by atoms with Gasteiger partial charge in [0.15, 0.2) is 0 Å². The highest BCUT2D eigenvalue weighted by molar-refractivity contribution is 5.38. The molecule has 0 unspecified atom stereocenters. The number of benzene rings is 1. The Hall–Kier alpha value is -1.50. The number of hydrogen-bond acceptors (Lipinski definition) is 1. The van der Waals surface area contributed by atoms with Gasteiger partial charge in [0, 0.05) is 0 Å². The number of hydrogen-bond donors (Lipinski definition) is 0. The Morgan fingerprint density at radius 1 is 1.42 bits per heavy atom. The third-order valence-electron chi connectivity index (χ3n) is 1.29. The molecule has 4 heteroatoms. The lowest BCUT2D eigenvalue weighted by atomic mass is 10.1. The number of alkyl halides is 3. The first-order valence-corrected chi connectivity index (χ1v) is 3.03. The first-order chi connectivity index (χ1) is 5.95. The summed E-state index contributed by atoms with van der Waals surface area (Å²) in [7, 11) is 0. The highest BCUT2D eigenvalue weighted by Gasteiger charge is 2.32. The van der Waals surface area contributed by atoms with E-state index in [2.05, 4.69) is 0 Å². The van der Waals surface area contributed by atoms with Crippen LogP contribution in [-0.4, -0.2) is 0 Å². The van der Waals surface area contributed by atoms with Gasteiger partial charge in [-0.2, -0.15) is 18.4 Å². The van der Waals surface area contributed by atoms with Crippen molar-refractivity contribution in [1.82, 2.24) is 0 Å². The molecule has 0 aromatic heterocycles. The van der Waals surface area contributed by atoms with Crippen LogP contribution in [0.25, 0.3) is 0 Å². The van der Waals surface area contributed by atoms with E-state index in [1.807, 2.05) is 0 Å². The van der Waals surface area contributed by atoms with Crippen molar-refractivity contribution < 1.29 is 14.5 Å². The van der Waals surface area contributed by atoms with Crippen LogP contribution < -0.4 is 0 Å². The van der Waals surface area contributed by atoms with Gasteiger partial charge in [-0.05, 0) is 12.1 Å². The van der Waals surface area contributed by atoms with Crippen LogP contribution in [0.5, 0.6) is 0 Å². The van der Waals surface area contributed by atoms with Crippen LogP contribution >= 0.6 is 0 Å².